The molecule has 0 atom stereocenters. The summed E-state index contributed by atoms with van der Waals surface area (Å²) in [5.41, 5.74) is 3.34. The molecule has 30 heavy (non-hydrogen) atoms. The minimum Gasteiger partial charge on any atom is -0.356 e. The Morgan fingerprint density at radius 3 is 2.47 bits per heavy atom. The van der Waals surface area contributed by atoms with E-state index in [1.165, 1.54) is 12.1 Å². The predicted molar refractivity (Wildman–Crippen MR) is 115 cm³/mol. The van der Waals surface area contributed by atoms with Gasteiger partial charge in [-0.25, -0.2) is 14.4 Å². The van der Waals surface area contributed by atoms with E-state index in [-0.39, 0.29) is 17.6 Å². The fraction of sp³-hybridized carbons (Fsp3) is 0.304. The number of aryl methyl sites for hydroxylation is 1. The van der Waals surface area contributed by atoms with Gasteiger partial charge in [0.15, 0.2) is 5.82 Å². The fourth-order valence-electron chi connectivity index (χ4n) is 3.66. The Hall–Kier alpha value is -3.35. The summed E-state index contributed by atoms with van der Waals surface area (Å²) in [6.07, 6.45) is 3.20. The van der Waals surface area contributed by atoms with Crippen LogP contribution in [-0.4, -0.2) is 33.9 Å². The van der Waals surface area contributed by atoms with Gasteiger partial charge in [-0.3, -0.25) is 9.78 Å². The molecule has 0 bridgehead atoms. The number of rotatable bonds is 4. The summed E-state index contributed by atoms with van der Waals surface area (Å²) in [5, 5.41) is 2.89. The van der Waals surface area contributed by atoms with Gasteiger partial charge in [-0.05, 0) is 63.1 Å². The molecular formula is C23H24FN5O. The van der Waals surface area contributed by atoms with E-state index in [0.717, 1.165) is 48.7 Å². The van der Waals surface area contributed by atoms with Gasteiger partial charge in [-0.2, -0.15) is 0 Å². The van der Waals surface area contributed by atoms with Gasteiger partial charge in [0.1, 0.15) is 17.3 Å². The topological polar surface area (TPSA) is 71.0 Å². The van der Waals surface area contributed by atoms with E-state index < -0.39 is 0 Å². The standard InChI is InChI=1S/C23H24FN5O/c1-15-16(2)26-21(20-5-3-4-12-25-20)28-22(15)29-13-10-17(11-14-29)23(30)27-19-8-6-18(24)7-9-19/h3-9,12,17H,10-11,13-14H2,1-2H3,(H,27,30). The largest absolute Gasteiger partial charge is 0.356 e. The number of anilines is 2. The first-order valence-electron chi connectivity index (χ1n) is 10.1. The Morgan fingerprint density at radius 2 is 1.80 bits per heavy atom. The van der Waals surface area contributed by atoms with Crippen LogP contribution in [0.1, 0.15) is 24.1 Å². The van der Waals surface area contributed by atoms with E-state index >= 15 is 0 Å². The number of nitrogens with zero attached hydrogens (tertiary/aromatic N) is 4. The molecule has 6 nitrogen and oxygen atoms in total. The van der Waals surface area contributed by atoms with E-state index in [0.29, 0.717) is 11.5 Å². The maximum Gasteiger partial charge on any atom is 0.227 e. The highest BCUT2D eigenvalue weighted by atomic mass is 19.1. The fourth-order valence-corrected chi connectivity index (χ4v) is 3.66. The van der Waals surface area contributed by atoms with Gasteiger partial charge in [-0.15, -0.1) is 0 Å². The number of pyridine rings is 1. The number of carbonyl (C=O) groups is 1. The van der Waals surface area contributed by atoms with Crippen molar-refractivity contribution in [2.75, 3.05) is 23.3 Å². The second-order valence-corrected chi connectivity index (χ2v) is 7.55. The molecule has 0 aliphatic carbocycles. The molecule has 1 aromatic carbocycles. The number of aromatic nitrogens is 3. The monoisotopic (exact) mass is 405 g/mol. The smallest absolute Gasteiger partial charge is 0.227 e. The lowest BCUT2D eigenvalue weighted by atomic mass is 9.95. The first-order valence-corrected chi connectivity index (χ1v) is 10.1. The molecule has 1 N–H and O–H groups in total. The predicted octanol–water partition coefficient (Wildman–Crippen LogP) is 4.15. The third kappa shape index (κ3) is 4.30. The molecule has 1 saturated heterocycles. The number of benzene rings is 1. The Balaban J connectivity index is 1.45. The Morgan fingerprint density at radius 1 is 1.07 bits per heavy atom. The minimum atomic E-state index is -0.318. The number of amides is 1. The molecule has 1 fully saturated rings. The second-order valence-electron chi connectivity index (χ2n) is 7.55. The van der Waals surface area contributed by atoms with Crippen LogP contribution < -0.4 is 10.2 Å². The van der Waals surface area contributed by atoms with Crippen LogP contribution >= 0.6 is 0 Å². The van der Waals surface area contributed by atoms with Gasteiger partial charge in [0.05, 0.1) is 0 Å². The zero-order valence-electron chi connectivity index (χ0n) is 17.1. The van der Waals surface area contributed by atoms with Crippen LogP contribution in [0.5, 0.6) is 0 Å². The van der Waals surface area contributed by atoms with E-state index in [9.17, 15) is 9.18 Å². The van der Waals surface area contributed by atoms with Crippen molar-refractivity contribution >= 4 is 17.4 Å². The van der Waals surface area contributed by atoms with Crippen LogP contribution in [0.3, 0.4) is 0 Å². The first kappa shape index (κ1) is 19.9. The van der Waals surface area contributed by atoms with Crippen molar-refractivity contribution in [2.45, 2.75) is 26.7 Å². The van der Waals surface area contributed by atoms with Gasteiger partial charge in [-0.1, -0.05) is 6.07 Å². The van der Waals surface area contributed by atoms with E-state index in [1.807, 2.05) is 32.0 Å². The molecule has 3 aromatic rings. The molecular weight excluding hydrogens is 381 g/mol. The summed E-state index contributed by atoms with van der Waals surface area (Å²) in [6.45, 7) is 5.48. The highest BCUT2D eigenvalue weighted by Crippen LogP contribution is 2.28. The molecule has 2 aromatic heterocycles. The van der Waals surface area contributed by atoms with Crippen LogP contribution in [0.15, 0.2) is 48.7 Å². The first-order chi connectivity index (χ1) is 14.5. The highest BCUT2D eigenvalue weighted by molar-refractivity contribution is 5.92. The second kappa shape index (κ2) is 8.57. The molecule has 3 heterocycles. The Kier molecular flexibility index (Phi) is 5.70. The number of hydrogen-bond acceptors (Lipinski definition) is 5. The molecule has 7 heteroatoms. The van der Waals surface area contributed by atoms with Gasteiger partial charge in [0.25, 0.3) is 0 Å². The van der Waals surface area contributed by atoms with E-state index in [1.54, 1.807) is 18.3 Å². The molecule has 0 radical (unpaired) electrons. The van der Waals surface area contributed by atoms with Crippen LogP contribution in [0.25, 0.3) is 11.5 Å². The van der Waals surface area contributed by atoms with Gasteiger partial charge in [0, 0.05) is 42.1 Å². The van der Waals surface area contributed by atoms with Crippen molar-refractivity contribution in [1.82, 2.24) is 15.0 Å². The number of halogens is 1. The van der Waals surface area contributed by atoms with Crippen LogP contribution in [-0.2, 0) is 4.79 Å². The lowest BCUT2D eigenvalue weighted by Crippen LogP contribution is -2.39. The normalized spacial score (nSPS) is 14.6. The van der Waals surface area contributed by atoms with Crippen molar-refractivity contribution in [3.8, 4) is 11.5 Å². The van der Waals surface area contributed by atoms with E-state index in [4.69, 9.17) is 4.98 Å². The molecule has 1 aliphatic heterocycles. The summed E-state index contributed by atoms with van der Waals surface area (Å²) < 4.78 is 13.0. The lowest BCUT2D eigenvalue weighted by Gasteiger charge is -2.33. The highest BCUT2D eigenvalue weighted by Gasteiger charge is 2.27. The van der Waals surface area contributed by atoms with Crippen molar-refractivity contribution < 1.29 is 9.18 Å². The minimum absolute atomic E-state index is 0.0222. The van der Waals surface area contributed by atoms with E-state index in [2.05, 4.69) is 20.2 Å². The number of hydrogen-bond donors (Lipinski definition) is 1. The van der Waals surface area contributed by atoms with Crippen LogP contribution in [0.4, 0.5) is 15.9 Å². The molecule has 1 amide bonds. The zero-order chi connectivity index (χ0) is 21.1. The van der Waals surface area contributed by atoms with Gasteiger partial charge < -0.3 is 10.2 Å². The van der Waals surface area contributed by atoms with Crippen molar-refractivity contribution in [2.24, 2.45) is 5.92 Å². The summed E-state index contributed by atoms with van der Waals surface area (Å²) in [6, 6.07) is 11.5. The maximum atomic E-state index is 13.0. The van der Waals surface area contributed by atoms with Gasteiger partial charge >= 0.3 is 0 Å². The van der Waals surface area contributed by atoms with Crippen molar-refractivity contribution in [3.63, 3.8) is 0 Å². The maximum absolute atomic E-state index is 13.0. The molecule has 154 valence electrons. The third-order valence-electron chi connectivity index (χ3n) is 5.53. The van der Waals surface area contributed by atoms with Crippen LogP contribution in [0.2, 0.25) is 0 Å². The number of piperidine rings is 1. The average Bonchev–Trinajstić information content (AvgIpc) is 2.78. The SMILES string of the molecule is Cc1nc(-c2ccccn2)nc(N2CCC(C(=O)Nc3ccc(F)cc3)CC2)c1C. The molecule has 0 unspecified atom stereocenters. The molecule has 4 rings (SSSR count). The average molecular weight is 405 g/mol. The zero-order valence-corrected chi connectivity index (χ0v) is 17.1. The summed E-state index contributed by atoms with van der Waals surface area (Å²) in [4.78, 5) is 28.6. The Bertz CT molecular complexity index is 1030. The lowest BCUT2D eigenvalue weighted by molar-refractivity contribution is -0.120. The quantitative estimate of drug-likeness (QED) is 0.706. The number of carbonyl (C=O) groups excluding carboxylic acids is 1. The van der Waals surface area contributed by atoms with Crippen molar-refractivity contribution in [3.05, 3.63) is 65.7 Å². The molecule has 0 saturated carbocycles. The summed E-state index contributed by atoms with van der Waals surface area (Å²) >= 11 is 0. The summed E-state index contributed by atoms with van der Waals surface area (Å²) in [7, 11) is 0. The van der Waals surface area contributed by atoms with Gasteiger partial charge in [0.2, 0.25) is 5.91 Å². The Labute approximate surface area is 175 Å². The summed E-state index contributed by atoms with van der Waals surface area (Å²) in [5.74, 6) is 1.10. The third-order valence-corrected chi connectivity index (χ3v) is 5.53. The number of nitrogens with one attached hydrogen (secondary N) is 1. The molecule has 1 aliphatic rings. The van der Waals surface area contributed by atoms with Crippen LogP contribution in [0, 0.1) is 25.6 Å². The van der Waals surface area contributed by atoms with Crippen molar-refractivity contribution in [1.29, 1.82) is 0 Å². The molecule has 0 spiro atoms.